The Morgan fingerprint density at radius 2 is 2.29 bits per heavy atom. The predicted molar refractivity (Wildman–Crippen MR) is 79.9 cm³/mol. The highest BCUT2D eigenvalue weighted by molar-refractivity contribution is 5.94. The molecule has 1 atom stereocenters. The number of carbonyl (C=O) groups is 2. The number of hydrogen-bond donors (Lipinski definition) is 2. The van der Waals surface area contributed by atoms with Gasteiger partial charge < -0.3 is 10.2 Å². The minimum absolute atomic E-state index is 0.0812. The number of rotatable bonds is 3. The number of hydrogen-bond acceptors (Lipinski definition) is 3. The van der Waals surface area contributed by atoms with Crippen LogP contribution in [0.4, 0.5) is 10.6 Å². The highest BCUT2D eigenvalue weighted by Gasteiger charge is 2.33. The molecule has 7 heteroatoms. The molecule has 0 spiro atoms. The Morgan fingerprint density at radius 1 is 1.57 bits per heavy atom. The van der Waals surface area contributed by atoms with Crippen molar-refractivity contribution in [2.45, 2.75) is 33.2 Å². The molecular formula is C14H23N5O2. The van der Waals surface area contributed by atoms with Gasteiger partial charge in [0.05, 0.1) is 0 Å². The predicted octanol–water partition coefficient (Wildman–Crippen LogP) is 1.11. The topological polar surface area (TPSA) is 79.3 Å². The molecule has 116 valence electrons. The van der Waals surface area contributed by atoms with Crippen LogP contribution in [0.5, 0.6) is 0 Å². The molecule has 3 amide bonds. The van der Waals surface area contributed by atoms with Gasteiger partial charge in [-0.1, -0.05) is 13.8 Å². The van der Waals surface area contributed by atoms with Crippen molar-refractivity contribution in [1.82, 2.24) is 20.0 Å². The van der Waals surface area contributed by atoms with E-state index in [1.165, 1.54) is 0 Å². The van der Waals surface area contributed by atoms with Gasteiger partial charge in [0.15, 0.2) is 5.82 Å². The molecule has 1 saturated heterocycles. The fourth-order valence-corrected chi connectivity index (χ4v) is 2.44. The fourth-order valence-electron chi connectivity index (χ4n) is 2.44. The number of carbonyl (C=O) groups excluding carboxylic acids is 2. The molecule has 0 unspecified atom stereocenters. The van der Waals surface area contributed by atoms with Crippen molar-refractivity contribution in [1.29, 1.82) is 0 Å². The zero-order chi connectivity index (χ0) is 15.6. The fraction of sp³-hybridized carbons (Fsp3) is 0.643. The first-order valence-electron chi connectivity index (χ1n) is 7.24. The molecule has 0 aromatic carbocycles. The van der Waals surface area contributed by atoms with Crippen LogP contribution in [0, 0.1) is 12.8 Å². The lowest BCUT2D eigenvalue weighted by Crippen LogP contribution is -2.58. The molecular weight excluding hydrogens is 270 g/mol. The Morgan fingerprint density at radius 3 is 2.86 bits per heavy atom. The molecule has 2 N–H and O–H groups in total. The Hall–Kier alpha value is -2.05. The molecule has 1 aliphatic heterocycles. The maximum absolute atomic E-state index is 12.4. The summed E-state index contributed by atoms with van der Waals surface area (Å²) >= 11 is 0. The van der Waals surface area contributed by atoms with E-state index in [0.717, 1.165) is 5.69 Å². The minimum Gasteiger partial charge on any atom is -0.353 e. The third-order valence-electron chi connectivity index (χ3n) is 3.64. The van der Waals surface area contributed by atoms with Crippen molar-refractivity contribution in [3.63, 3.8) is 0 Å². The van der Waals surface area contributed by atoms with Crippen molar-refractivity contribution in [2.75, 3.05) is 18.4 Å². The molecule has 1 aliphatic rings. The van der Waals surface area contributed by atoms with Gasteiger partial charge in [0.2, 0.25) is 5.91 Å². The smallest absolute Gasteiger partial charge is 0.323 e. The number of aromatic nitrogens is 2. The van der Waals surface area contributed by atoms with Crippen molar-refractivity contribution in [3.8, 4) is 0 Å². The molecule has 0 radical (unpaired) electrons. The third-order valence-corrected chi connectivity index (χ3v) is 3.64. The summed E-state index contributed by atoms with van der Waals surface area (Å²) in [4.78, 5) is 26.0. The van der Waals surface area contributed by atoms with Gasteiger partial charge in [-0.25, -0.2) is 4.79 Å². The second-order valence-electron chi connectivity index (χ2n) is 5.85. The van der Waals surface area contributed by atoms with E-state index in [-0.39, 0.29) is 11.9 Å². The summed E-state index contributed by atoms with van der Waals surface area (Å²) in [5.74, 6) is 0.767. The molecule has 1 aromatic heterocycles. The Kier molecular flexibility index (Phi) is 4.50. The van der Waals surface area contributed by atoms with E-state index in [0.29, 0.717) is 31.2 Å². The average Bonchev–Trinajstić information content (AvgIpc) is 2.70. The molecule has 2 heterocycles. The third kappa shape index (κ3) is 3.53. The minimum atomic E-state index is -0.413. The summed E-state index contributed by atoms with van der Waals surface area (Å²) in [6, 6.07) is 1.12. The largest absolute Gasteiger partial charge is 0.353 e. The van der Waals surface area contributed by atoms with Crippen LogP contribution < -0.4 is 10.6 Å². The Labute approximate surface area is 124 Å². The highest BCUT2D eigenvalue weighted by Crippen LogP contribution is 2.16. The van der Waals surface area contributed by atoms with E-state index in [1.807, 2.05) is 27.8 Å². The van der Waals surface area contributed by atoms with E-state index in [9.17, 15) is 9.59 Å². The van der Waals surface area contributed by atoms with Crippen LogP contribution in [-0.4, -0.2) is 45.8 Å². The first kappa shape index (κ1) is 15.3. The van der Waals surface area contributed by atoms with Crippen molar-refractivity contribution >= 4 is 17.8 Å². The summed E-state index contributed by atoms with van der Waals surface area (Å²) in [6.45, 7) is 7.00. The van der Waals surface area contributed by atoms with Crippen LogP contribution in [0.15, 0.2) is 6.07 Å². The van der Waals surface area contributed by atoms with Gasteiger partial charge in [0.1, 0.15) is 6.04 Å². The first-order valence-corrected chi connectivity index (χ1v) is 7.24. The van der Waals surface area contributed by atoms with Crippen LogP contribution in [0.2, 0.25) is 0 Å². The molecule has 1 aromatic rings. The van der Waals surface area contributed by atoms with Crippen molar-refractivity contribution < 1.29 is 9.59 Å². The van der Waals surface area contributed by atoms with E-state index >= 15 is 0 Å². The number of piperazine rings is 1. The molecule has 0 bridgehead atoms. The lowest BCUT2D eigenvalue weighted by Gasteiger charge is -2.35. The zero-order valence-electron chi connectivity index (χ0n) is 13.0. The number of nitrogens with one attached hydrogen (secondary N) is 2. The first-order chi connectivity index (χ1) is 9.88. The second kappa shape index (κ2) is 6.15. The average molecular weight is 293 g/mol. The summed E-state index contributed by atoms with van der Waals surface area (Å²) < 4.78 is 1.70. The van der Waals surface area contributed by atoms with E-state index in [1.54, 1.807) is 15.6 Å². The monoisotopic (exact) mass is 293 g/mol. The quantitative estimate of drug-likeness (QED) is 0.876. The van der Waals surface area contributed by atoms with Gasteiger partial charge in [-0.2, -0.15) is 5.10 Å². The maximum atomic E-state index is 12.4. The van der Waals surface area contributed by atoms with Gasteiger partial charge in [0.25, 0.3) is 0 Å². The van der Waals surface area contributed by atoms with Crippen LogP contribution in [0.3, 0.4) is 0 Å². The van der Waals surface area contributed by atoms with Crippen LogP contribution >= 0.6 is 0 Å². The normalized spacial score (nSPS) is 18.8. The van der Waals surface area contributed by atoms with E-state index in [2.05, 4.69) is 15.7 Å². The van der Waals surface area contributed by atoms with Crippen molar-refractivity contribution in [2.24, 2.45) is 13.0 Å². The van der Waals surface area contributed by atoms with Gasteiger partial charge in [-0.3, -0.25) is 14.8 Å². The standard InChI is InChI=1S/C14H23N5O2/c1-9(2)7-11-13(20)15-5-6-19(11)14(21)16-12-8-10(3)18(4)17-12/h8-9,11H,5-7H2,1-4H3,(H,15,20)(H,16,17,21)/t11-/m0/s1. The number of aryl methyl sites for hydroxylation is 2. The van der Waals surface area contributed by atoms with Gasteiger partial charge in [0, 0.05) is 31.9 Å². The Bertz CT molecular complexity index is 518. The Balaban J connectivity index is 2.09. The van der Waals surface area contributed by atoms with Crippen LogP contribution in [-0.2, 0) is 11.8 Å². The lowest BCUT2D eigenvalue weighted by atomic mass is 10.0. The molecule has 1 fully saturated rings. The number of amides is 3. The lowest BCUT2D eigenvalue weighted by molar-refractivity contribution is -0.128. The summed E-state index contributed by atoms with van der Waals surface area (Å²) in [7, 11) is 1.82. The van der Waals surface area contributed by atoms with E-state index in [4.69, 9.17) is 0 Å². The molecule has 0 saturated carbocycles. The van der Waals surface area contributed by atoms with Gasteiger partial charge >= 0.3 is 6.03 Å². The van der Waals surface area contributed by atoms with Gasteiger partial charge in [-0.15, -0.1) is 0 Å². The zero-order valence-corrected chi connectivity index (χ0v) is 13.0. The van der Waals surface area contributed by atoms with Gasteiger partial charge in [-0.05, 0) is 19.3 Å². The summed E-state index contributed by atoms with van der Waals surface area (Å²) in [5, 5.41) is 9.80. The SMILES string of the molecule is Cc1cc(NC(=O)N2CCNC(=O)[C@@H]2CC(C)C)nn1C. The molecule has 7 nitrogen and oxygen atoms in total. The van der Waals surface area contributed by atoms with Crippen LogP contribution in [0.1, 0.15) is 26.0 Å². The van der Waals surface area contributed by atoms with Crippen LogP contribution in [0.25, 0.3) is 0 Å². The number of urea groups is 1. The molecule has 0 aliphatic carbocycles. The molecule has 21 heavy (non-hydrogen) atoms. The summed E-state index contributed by atoms with van der Waals surface area (Å²) in [5.41, 5.74) is 0.959. The van der Waals surface area contributed by atoms with E-state index < -0.39 is 6.04 Å². The second-order valence-corrected chi connectivity index (χ2v) is 5.85. The molecule has 2 rings (SSSR count). The van der Waals surface area contributed by atoms with Crippen molar-refractivity contribution in [3.05, 3.63) is 11.8 Å². The highest BCUT2D eigenvalue weighted by atomic mass is 16.2. The number of anilines is 1. The number of nitrogens with zero attached hydrogens (tertiary/aromatic N) is 3. The maximum Gasteiger partial charge on any atom is 0.323 e. The summed E-state index contributed by atoms with van der Waals surface area (Å²) in [6.07, 6.45) is 0.653.